The lowest BCUT2D eigenvalue weighted by Gasteiger charge is -2.18. The van der Waals surface area contributed by atoms with Gasteiger partial charge in [0.05, 0.1) is 0 Å². The van der Waals surface area contributed by atoms with Gasteiger partial charge in [-0.1, -0.05) is 39.3 Å². The third-order valence-corrected chi connectivity index (χ3v) is 2.56. The van der Waals surface area contributed by atoms with E-state index in [1.807, 2.05) is 0 Å². The second-order valence-corrected chi connectivity index (χ2v) is 3.63. The summed E-state index contributed by atoms with van der Waals surface area (Å²) in [4.78, 5) is 2.46. The lowest BCUT2D eigenvalue weighted by Crippen LogP contribution is -2.24. The molecule has 0 aromatic rings. The monoisotopic (exact) mass is 183 g/mol. The van der Waals surface area contributed by atoms with Crippen LogP contribution in [0.15, 0.2) is 12.2 Å². The molecule has 13 heavy (non-hydrogen) atoms. The van der Waals surface area contributed by atoms with Crippen LogP contribution in [0.25, 0.3) is 0 Å². The fourth-order valence-corrected chi connectivity index (χ4v) is 1.41. The van der Waals surface area contributed by atoms with Gasteiger partial charge < -0.3 is 4.90 Å². The van der Waals surface area contributed by atoms with Crippen LogP contribution in [0.1, 0.15) is 46.5 Å². The minimum atomic E-state index is 1.16. The fourth-order valence-electron chi connectivity index (χ4n) is 1.41. The van der Waals surface area contributed by atoms with Crippen molar-refractivity contribution in [1.29, 1.82) is 0 Å². The Morgan fingerprint density at radius 2 is 1.69 bits per heavy atom. The van der Waals surface area contributed by atoms with E-state index in [1.165, 1.54) is 37.8 Å². The van der Waals surface area contributed by atoms with E-state index < -0.39 is 0 Å². The van der Waals surface area contributed by atoms with Crippen molar-refractivity contribution < 1.29 is 0 Å². The maximum absolute atomic E-state index is 4.11. The van der Waals surface area contributed by atoms with Crippen LogP contribution in [0.2, 0.25) is 0 Å². The Labute approximate surface area is 83.8 Å². The smallest absolute Gasteiger partial charge is 0.00182 e. The minimum absolute atomic E-state index is 1.16. The molecule has 0 aromatic heterocycles. The van der Waals surface area contributed by atoms with E-state index >= 15 is 0 Å². The Balaban J connectivity index is 3.44. The van der Waals surface area contributed by atoms with Gasteiger partial charge >= 0.3 is 0 Å². The van der Waals surface area contributed by atoms with Gasteiger partial charge in [-0.3, -0.25) is 0 Å². The molecule has 0 fully saturated rings. The van der Waals surface area contributed by atoms with E-state index in [4.69, 9.17) is 0 Å². The van der Waals surface area contributed by atoms with Gasteiger partial charge in [0, 0.05) is 6.54 Å². The highest BCUT2D eigenvalue weighted by Crippen LogP contribution is 2.09. The summed E-state index contributed by atoms with van der Waals surface area (Å²) in [6.07, 6.45) is 4.99. The van der Waals surface area contributed by atoms with E-state index in [9.17, 15) is 0 Å². The van der Waals surface area contributed by atoms with E-state index in [1.54, 1.807) is 0 Å². The van der Waals surface area contributed by atoms with Gasteiger partial charge in [0.1, 0.15) is 0 Å². The largest absolute Gasteiger partial charge is 0.304 e. The number of hydrogen-bond acceptors (Lipinski definition) is 1. The molecule has 1 heteroatoms. The third-order valence-electron chi connectivity index (χ3n) is 2.56. The molecule has 0 rings (SSSR count). The van der Waals surface area contributed by atoms with Crippen molar-refractivity contribution in [2.45, 2.75) is 46.5 Å². The van der Waals surface area contributed by atoms with Crippen molar-refractivity contribution in [1.82, 2.24) is 4.90 Å². The van der Waals surface area contributed by atoms with E-state index in [0.717, 1.165) is 13.1 Å². The Morgan fingerprint density at radius 1 is 1.08 bits per heavy atom. The summed E-state index contributed by atoms with van der Waals surface area (Å²) < 4.78 is 0. The van der Waals surface area contributed by atoms with Crippen LogP contribution >= 0.6 is 0 Å². The molecule has 1 nitrogen and oxygen atoms in total. The maximum Gasteiger partial charge on any atom is 0.00182 e. The zero-order valence-corrected chi connectivity index (χ0v) is 9.60. The molecule has 0 saturated heterocycles. The third kappa shape index (κ3) is 6.83. The molecule has 0 bridgehead atoms. The summed E-state index contributed by atoms with van der Waals surface area (Å²) in [5.41, 5.74) is 1.42. The Kier molecular flexibility index (Phi) is 8.11. The molecular weight excluding hydrogens is 158 g/mol. The highest BCUT2D eigenvalue weighted by atomic mass is 15.1. The Morgan fingerprint density at radius 3 is 2.15 bits per heavy atom. The number of rotatable bonds is 8. The summed E-state index contributed by atoms with van der Waals surface area (Å²) in [7, 11) is 0. The van der Waals surface area contributed by atoms with Gasteiger partial charge in [-0.15, -0.1) is 0 Å². The summed E-state index contributed by atoms with van der Waals surface area (Å²) in [6, 6.07) is 0. The molecule has 0 saturated carbocycles. The van der Waals surface area contributed by atoms with Crippen LogP contribution < -0.4 is 0 Å². The minimum Gasteiger partial charge on any atom is -0.304 e. The van der Waals surface area contributed by atoms with Crippen molar-refractivity contribution in [2.75, 3.05) is 19.6 Å². The van der Waals surface area contributed by atoms with Crippen molar-refractivity contribution in [3.05, 3.63) is 12.2 Å². The first-order chi connectivity index (χ1) is 6.24. The van der Waals surface area contributed by atoms with Crippen LogP contribution in [0.5, 0.6) is 0 Å². The Hall–Kier alpha value is -0.300. The first kappa shape index (κ1) is 12.7. The molecule has 0 unspecified atom stereocenters. The van der Waals surface area contributed by atoms with Gasteiger partial charge in [0.15, 0.2) is 0 Å². The van der Waals surface area contributed by atoms with Gasteiger partial charge in [0.2, 0.25) is 0 Å². The highest BCUT2D eigenvalue weighted by molar-refractivity contribution is 4.94. The lowest BCUT2D eigenvalue weighted by molar-refractivity contribution is 0.306. The van der Waals surface area contributed by atoms with Crippen LogP contribution in [-0.4, -0.2) is 24.5 Å². The van der Waals surface area contributed by atoms with Crippen molar-refractivity contribution in [3.8, 4) is 0 Å². The topological polar surface area (TPSA) is 3.24 Å². The molecule has 0 atom stereocenters. The zero-order valence-electron chi connectivity index (χ0n) is 9.60. The standard InChI is InChI=1S/C12H25N/c1-5-8-9-12(4)10-11-13(6-2)7-3/h4-11H2,1-3H3. The van der Waals surface area contributed by atoms with E-state index in [0.29, 0.717) is 0 Å². The number of unbranched alkanes of at least 4 members (excludes halogenated alkanes) is 1. The predicted octanol–water partition coefficient (Wildman–Crippen LogP) is 3.46. The van der Waals surface area contributed by atoms with Crippen LogP contribution in [0.4, 0.5) is 0 Å². The SMILES string of the molecule is C=C(CCCC)CCN(CC)CC. The normalized spacial score (nSPS) is 10.8. The molecule has 0 spiro atoms. The van der Waals surface area contributed by atoms with Crippen molar-refractivity contribution in [3.63, 3.8) is 0 Å². The quantitative estimate of drug-likeness (QED) is 0.521. The maximum atomic E-state index is 4.11. The first-order valence-corrected chi connectivity index (χ1v) is 5.63. The van der Waals surface area contributed by atoms with Crippen LogP contribution in [0, 0.1) is 0 Å². The second kappa shape index (κ2) is 8.31. The molecular formula is C12H25N. The predicted molar refractivity (Wildman–Crippen MR) is 61.1 cm³/mol. The second-order valence-electron chi connectivity index (χ2n) is 3.63. The van der Waals surface area contributed by atoms with Gasteiger partial charge in [0.25, 0.3) is 0 Å². The Bertz CT molecular complexity index is 125. The summed E-state index contributed by atoms with van der Waals surface area (Å²) in [6.45, 7) is 14.3. The summed E-state index contributed by atoms with van der Waals surface area (Å²) in [5.74, 6) is 0. The highest BCUT2D eigenvalue weighted by Gasteiger charge is 1.99. The number of nitrogens with zero attached hydrogens (tertiary/aromatic N) is 1. The molecule has 0 heterocycles. The molecule has 0 aliphatic heterocycles. The van der Waals surface area contributed by atoms with Gasteiger partial charge in [-0.25, -0.2) is 0 Å². The first-order valence-electron chi connectivity index (χ1n) is 5.63. The molecule has 0 aromatic carbocycles. The van der Waals surface area contributed by atoms with Crippen molar-refractivity contribution in [2.24, 2.45) is 0 Å². The summed E-state index contributed by atoms with van der Waals surface area (Å²) >= 11 is 0. The number of hydrogen-bond donors (Lipinski definition) is 0. The average Bonchev–Trinajstić information content (AvgIpc) is 2.16. The van der Waals surface area contributed by atoms with E-state index in [2.05, 4.69) is 32.3 Å². The summed E-state index contributed by atoms with van der Waals surface area (Å²) in [5, 5.41) is 0. The fraction of sp³-hybridized carbons (Fsp3) is 0.833. The average molecular weight is 183 g/mol. The van der Waals surface area contributed by atoms with Gasteiger partial charge in [-0.05, 0) is 32.4 Å². The molecule has 78 valence electrons. The van der Waals surface area contributed by atoms with Gasteiger partial charge in [-0.2, -0.15) is 0 Å². The molecule has 0 aliphatic rings. The van der Waals surface area contributed by atoms with E-state index in [-0.39, 0.29) is 0 Å². The van der Waals surface area contributed by atoms with Crippen molar-refractivity contribution >= 4 is 0 Å². The molecule has 0 radical (unpaired) electrons. The van der Waals surface area contributed by atoms with Crippen LogP contribution in [0.3, 0.4) is 0 Å². The molecule has 0 amide bonds. The molecule has 0 N–H and O–H groups in total. The molecule has 0 aliphatic carbocycles. The zero-order chi connectivity index (χ0) is 10.1. The van der Waals surface area contributed by atoms with Crippen LogP contribution in [-0.2, 0) is 0 Å². The lowest BCUT2D eigenvalue weighted by atomic mass is 10.1.